The third-order valence-corrected chi connectivity index (χ3v) is 2.82. The summed E-state index contributed by atoms with van der Waals surface area (Å²) in [5.41, 5.74) is 6.71. The molecule has 0 saturated carbocycles. The second-order valence-electron chi connectivity index (χ2n) is 4.25. The van der Waals surface area contributed by atoms with Crippen molar-refractivity contribution in [2.24, 2.45) is 0 Å². The summed E-state index contributed by atoms with van der Waals surface area (Å²) in [6.07, 6.45) is 4.03. The normalized spacial score (nSPS) is 21.0. The van der Waals surface area contributed by atoms with Crippen molar-refractivity contribution in [3.05, 3.63) is 24.0 Å². The molecular formula is C12H17N3O2. The molecule has 1 unspecified atom stereocenters. The van der Waals surface area contributed by atoms with Crippen LogP contribution in [0.4, 0.5) is 5.69 Å². The number of rotatable bonds is 1. The second kappa shape index (κ2) is 5.14. The van der Waals surface area contributed by atoms with Gasteiger partial charge in [-0.2, -0.15) is 0 Å². The third-order valence-electron chi connectivity index (χ3n) is 2.82. The van der Waals surface area contributed by atoms with Crippen molar-refractivity contribution in [3.63, 3.8) is 0 Å². The van der Waals surface area contributed by atoms with Gasteiger partial charge in [0, 0.05) is 25.9 Å². The first-order valence-corrected chi connectivity index (χ1v) is 5.79. The van der Waals surface area contributed by atoms with E-state index in [-0.39, 0.29) is 12.0 Å². The molecule has 0 bridgehead atoms. The van der Waals surface area contributed by atoms with E-state index in [9.17, 15) is 4.79 Å². The largest absolute Gasteiger partial charge is 0.397 e. The van der Waals surface area contributed by atoms with E-state index in [2.05, 4.69) is 4.98 Å². The fourth-order valence-corrected chi connectivity index (χ4v) is 1.95. The number of hydrogen-bond acceptors (Lipinski definition) is 4. The smallest absolute Gasteiger partial charge is 0.256 e. The van der Waals surface area contributed by atoms with Crippen LogP contribution < -0.4 is 5.73 Å². The molecule has 1 atom stereocenters. The molecule has 0 spiro atoms. The summed E-state index contributed by atoms with van der Waals surface area (Å²) in [4.78, 5) is 18.0. The zero-order valence-electron chi connectivity index (χ0n) is 9.93. The zero-order valence-corrected chi connectivity index (χ0v) is 9.93. The van der Waals surface area contributed by atoms with E-state index in [1.54, 1.807) is 17.2 Å². The van der Waals surface area contributed by atoms with Gasteiger partial charge in [0.2, 0.25) is 0 Å². The molecule has 2 rings (SSSR count). The Bertz CT molecular complexity index is 408. The molecule has 5 nitrogen and oxygen atoms in total. The summed E-state index contributed by atoms with van der Waals surface area (Å²) in [5.74, 6) is -0.0396. The first kappa shape index (κ1) is 11.9. The van der Waals surface area contributed by atoms with E-state index >= 15 is 0 Å². The molecule has 2 heterocycles. The van der Waals surface area contributed by atoms with Crippen LogP contribution in [0, 0.1) is 0 Å². The standard InChI is InChI=1S/C12H17N3O2/c1-9-8-15(5-2-6-17-9)12(16)10-3-4-14-7-11(10)13/h3-4,7,9H,2,5-6,8,13H2,1H3. The van der Waals surface area contributed by atoms with Gasteiger partial charge in [-0.3, -0.25) is 9.78 Å². The molecule has 1 fully saturated rings. The van der Waals surface area contributed by atoms with Gasteiger partial charge in [-0.15, -0.1) is 0 Å². The average Bonchev–Trinajstić information content (AvgIpc) is 2.54. The summed E-state index contributed by atoms with van der Waals surface area (Å²) in [6.45, 7) is 4.00. The molecule has 1 amide bonds. The van der Waals surface area contributed by atoms with Crippen molar-refractivity contribution in [2.45, 2.75) is 19.4 Å². The summed E-state index contributed by atoms with van der Waals surface area (Å²) in [7, 11) is 0. The van der Waals surface area contributed by atoms with Gasteiger partial charge in [-0.25, -0.2) is 0 Å². The summed E-state index contributed by atoms with van der Waals surface area (Å²) in [5, 5.41) is 0. The Morgan fingerprint density at radius 2 is 2.47 bits per heavy atom. The lowest BCUT2D eigenvalue weighted by Gasteiger charge is -2.22. The number of pyridine rings is 1. The lowest BCUT2D eigenvalue weighted by Crippen LogP contribution is -2.36. The van der Waals surface area contributed by atoms with Gasteiger partial charge >= 0.3 is 0 Å². The van der Waals surface area contributed by atoms with Crippen LogP contribution in [-0.2, 0) is 4.74 Å². The van der Waals surface area contributed by atoms with E-state index in [1.165, 1.54) is 6.20 Å². The zero-order chi connectivity index (χ0) is 12.3. The number of amides is 1. The maximum absolute atomic E-state index is 12.3. The lowest BCUT2D eigenvalue weighted by atomic mass is 10.2. The van der Waals surface area contributed by atoms with Gasteiger partial charge in [0.1, 0.15) is 0 Å². The molecule has 1 aliphatic rings. The number of ether oxygens (including phenoxy) is 1. The van der Waals surface area contributed by atoms with Crippen molar-refractivity contribution in [2.75, 3.05) is 25.4 Å². The minimum absolute atomic E-state index is 0.0396. The van der Waals surface area contributed by atoms with Gasteiger partial charge in [-0.1, -0.05) is 0 Å². The number of nitrogen functional groups attached to an aromatic ring is 1. The number of carbonyl (C=O) groups is 1. The predicted octanol–water partition coefficient (Wildman–Crippen LogP) is 0.915. The third kappa shape index (κ3) is 2.74. The van der Waals surface area contributed by atoms with E-state index in [4.69, 9.17) is 10.5 Å². The Kier molecular flexibility index (Phi) is 3.58. The van der Waals surface area contributed by atoms with E-state index in [0.29, 0.717) is 30.9 Å². The molecule has 17 heavy (non-hydrogen) atoms. The van der Waals surface area contributed by atoms with Crippen molar-refractivity contribution in [1.29, 1.82) is 0 Å². The quantitative estimate of drug-likeness (QED) is 0.785. The number of aromatic nitrogens is 1. The van der Waals surface area contributed by atoms with Crippen LogP contribution in [-0.4, -0.2) is 41.6 Å². The number of hydrogen-bond donors (Lipinski definition) is 1. The maximum Gasteiger partial charge on any atom is 0.256 e. The highest BCUT2D eigenvalue weighted by Crippen LogP contribution is 2.14. The van der Waals surface area contributed by atoms with E-state index in [1.807, 2.05) is 6.92 Å². The number of anilines is 1. The minimum Gasteiger partial charge on any atom is -0.397 e. The average molecular weight is 235 g/mol. The minimum atomic E-state index is -0.0396. The summed E-state index contributed by atoms with van der Waals surface area (Å²) < 4.78 is 5.51. The Hall–Kier alpha value is -1.62. The topological polar surface area (TPSA) is 68.5 Å². The molecular weight excluding hydrogens is 218 g/mol. The highest BCUT2D eigenvalue weighted by atomic mass is 16.5. The number of nitrogens with zero attached hydrogens (tertiary/aromatic N) is 2. The number of nitrogens with two attached hydrogens (primary N) is 1. The highest BCUT2D eigenvalue weighted by molar-refractivity contribution is 5.98. The molecule has 1 aromatic heterocycles. The molecule has 2 N–H and O–H groups in total. The van der Waals surface area contributed by atoms with E-state index < -0.39 is 0 Å². The second-order valence-corrected chi connectivity index (χ2v) is 4.25. The molecule has 0 radical (unpaired) electrons. The predicted molar refractivity (Wildman–Crippen MR) is 64.6 cm³/mol. The lowest BCUT2D eigenvalue weighted by molar-refractivity contribution is 0.0563. The van der Waals surface area contributed by atoms with Gasteiger partial charge in [-0.05, 0) is 19.4 Å². The number of carbonyl (C=O) groups excluding carboxylic acids is 1. The summed E-state index contributed by atoms with van der Waals surface area (Å²) >= 11 is 0. The Labute approximate surface area is 101 Å². The van der Waals surface area contributed by atoms with E-state index in [0.717, 1.165) is 6.42 Å². The maximum atomic E-state index is 12.3. The van der Waals surface area contributed by atoms with Crippen LogP contribution >= 0.6 is 0 Å². The fourth-order valence-electron chi connectivity index (χ4n) is 1.95. The van der Waals surface area contributed by atoms with Crippen molar-refractivity contribution >= 4 is 11.6 Å². The Morgan fingerprint density at radius 1 is 1.65 bits per heavy atom. The molecule has 1 aromatic rings. The van der Waals surface area contributed by atoms with Crippen LogP contribution in [0.25, 0.3) is 0 Å². The van der Waals surface area contributed by atoms with Gasteiger partial charge in [0.15, 0.2) is 0 Å². The molecule has 5 heteroatoms. The van der Waals surface area contributed by atoms with Crippen LogP contribution in [0.5, 0.6) is 0 Å². The SMILES string of the molecule is CC1CN(C(=O)c2ccncc2N)CCCO1. The summed E-state index contributed by atoms with van der Waals surface area (Å²) in [6, 6.07) is 1.66. The van der Waals surface area contributed by atoms with Crippen LogP contribution in [0.15, 0.2) is 18.5 Å². The van der Waals surface area contributed by atoms with Crippen LogP contribution in [0.3, 0.4) is 0 Å². The molecule has 0 aromatic carbocycles. The van der Waals surface area contributed by atoms with Crippen LogP contribution in [0.1, 0.15) is 23.7 Å². The van der Waals surface area contributed by atoms with Crippen molar-refractivity contribution in [1.82, 2.24) is 9.88 Å². The fraction of sp³-hybridized carbons (Fsp3) is 0.500. The Balaban J connectivity index is 2.16. The van der Waals surface area contributed by atoms with Crippen molar-refractivity contribution in [3.8, 4) is 0 Å². The molecule has 1 saturated heterocycles. The van der Waals surface area contributed by atoms with Gasteiger partial charge < -0.3 is 15.4 Å². The molecule has 92 valence electrons. The first-order valence-electron chi connectivity index (χ1n) is 5.79. The first-order chi connectivity index (χ1) is 8.18. The Morgan fingerprint density at radius 3 is 3.24 bits per heavy atom. The molecule has 1 aliphatic heterocycles. The molecule has 0 aliphatic carbocycles. The monoisotopic (exact) mass is 235 g/mol. The van der Waals surface area contributed by atoms with Gasteiger partial charge in [0.25, 0.3) is 5.91 Å². The van der Waals surface area contributed by atoms with Crippen LogP contribution in [0.2, 0.25) is 0 Å². The van der Waals surface area contributed by atoms with Gasteiger partial charge in [0.05, 0.1) is 23.6 Å². The van der Waals surface area contributed by atoms with Crippen molar-refractivity contribution < 1.29 is 9.53 Å². The highest BCUT2D eigenvalue weighted by Gasteiger charge is 2.22.